The Morgan fingerprint density at radius 3 is 2.33 bits per heavy atom. The molecule has 0 fully saturated rings. The van der Waals surface area contributed by atoms with Gasteiger partial charge in [-0.3, -0.25) is 4.79 Å². The van der Waals surface area contributed by atoms with Crippen LogP contribution in [0.2, 0.25) is 0 Å². The monoisotopic (exact) mass is 290 g/mol. The van der Waals surface area contributed by atoms with E-state index in [4.69, 9.17) is 5.26 Å². The number of amides is 1. The lowest BCUT2D eigenvalue weighted by molar-refractivity contribution is -0.137. The first-order chi connectivity index (χ1) is 9.91. The van der Waals surface area contributed by atoms with Crippen molar-refractivity contribution in [3.8, 4) is 6.07 Å². The highest BCUT2D eigenvalue weighted by Gasteiger charge is 2.31. The average molecular weight is 290 g/mol. The van der Waals surface area contributed by atoms with Crippen molar-refractivity contribution in [3.05, 3.63) is 65.2 Å². The summed E-state index contributed by atoms with van der Waals surface area (Å²) in [5, 5.41) is 11.4. The number of hydrogen-bond acceptors (Lipinski definition) is 2. The lowest BCUT2D eigenvalue weighted by Crippen LogP contribution is -2.13. The molecular formula is C15H9F3N2O. The molecule has 0 atom stereocenters. The van der Waals surface area contributed by atoms with E-state index in [0.29, 0.717) is 11.6 Å². The fourth-order valence-corrected chi connectivity index (χ4v) is 1.71. The van der Waals surface area contributed by atoms with Crippen LogP contribution in [0.5, 0.6) is 0 Å². The molecular weight excluding hydrogens is 281 g/mol. The van der Waals surface area contributed by atoms with Gasteiger partial charge in [-0.1, -0.05) is 18.2 Å². The molecule has 1 amide bonds. The van der Waals surface area contributed by atoms with Gasteiger partial charge in [0.1, 0.15) is 6.07 Å². The number of carbonyl (C=O) groups excluding carboxylic acids is 1. The van der Waals surface area contributed by atoms with Gasteiger partial charge >= 0.3 is 6.18 Å². The zero-order valence-electron chi connectivity index (χ0n) is 10.6. The number of rotatable bonds is 2. The molecule has 0 aliphatic heterocycles. The van der Waals surface area contributed by atoms with E-state index in [1.165, 1.54) is 0 Å². The van der Waals surface area contributed by atoms with Crippen molar-refractivity contribution in [1.82, 2.24) is 0 Å². The Kier molecular flexibility index (Phi) is 3.94. The van der Waals surface area contributed by atoms with Crippen LogP contribution >= 0.6 is 0 Å². The lowest BCUT2D eigenvalue weighted by atomic mass is 10.1. The standard InChI is InChI=1S/C15H9F3N2O/c16-15(17,18)12-6-7-13(11(8-12)9-19)20-14(21)10-4-2-1-3-5-10/h1-8H,(H,20,21). The summed E-state index contributed by atoms with van der Waals surface area (Å²) in [5.74, 6) is -0.494. The largest absolute Gasteiger partial charge is 0.416 e. The molecule has 106 valence electrons. The molecule has 6 heteroatoms. The van der Waals surface area contributed by atoms with Crippen molar-refractivity contribution in [2.75, 3.05) is 5.32 Å². The van der Waals surface area contributed by atoms with E-state index >= 15 is 0 Å². The molecule has 0 saturated heterocycles. The Balaban J connectivity index is 2.29. The molecule has 0 spiro atoms. The summed E-state index contributed by atoms with van der Waals surface area (Å²) < 4.78 is 37.7. The van der Waals surface area contributed by atoms with Crippen LogP contribution in [0.15, 0.2) is 48.5 Å². The zero-order chi connectivity index (χ0) is 15.5. The predicted octanol–water partition coefficient (Wildman–Crippen LogP) is 3.83. The minimum atomic E-state index is -4.53. The normalized spacial score (nSPS) is 10.8. The Hall–Kier alpha value is -2.81. The third kappa shape index (κ3) is 3.39. The molecule has 0 bridgehead atoms. The van der Waals surface area contributed by atoms with Crippen molar-refractivity contribution in [2.45, 2.75) is 6.18 Å². The SMILES string of the molecule is N#Cc1cc(C(F)(F)F)ccc1NC(=O)c1ccccc1. The van der Waals surface area contributed by atoms with E-state index in [9.17, 15) is 18.0 Å². The van der Waals surface area contributed by atoms with E-state index in [0.717, 1.165) is 12.1 Å². The van der Waals surface area contributed by atoms with Gasteiger partial charge in [0.2, 0.25) is 0 Å². The van der Waals surface area contributed by atoms with Crippen LogP contribution in [0, 0.1) is 11.3 Å². The van der Waals surface area contributed by atoms with E-state index in [-0.39, 0.29) is 11.3 Å². The summed E-state index contributed by atoms with van der Waals surface area (Å²) in [4.78, 5) is 11.9. The van der Waals surface area contributed by atoms with Crippen LogP contribution < -0.4 is 5.32 Å². The molecule has 0 heterocycles. The van der Waals surface area contributed by atoms with E-state index < -0.39 is 17.6 Å². The minimum Gasteiger partial charge on any atom is -0.321 e. The highest BCUT2D eigenvalue weighted by atomic mass is 19.4. The summed E-state index contributed by atoms with van der Waals surface area (Å²) in [5.41, 5.74) is -0.786. The summed E-state index contributed by atoms with van der Waals surface area (Å²) >= 11 is 0. The molecule has 2 aromatic carbocycles. The van der Waals surface area contributed by atoms with Crippen molar-refractivity contribution < 1.29 is 18.0 Å². The molecule has 2 rings (SSSR count). The van der Waals surface area contributed by atoms with Gasteiger partial charge in [0.15, 0.2) is 0 Å². The Morgan fingerprint density at radius 2 is 1.76 bits per heavy atom. The van der Waals surface area contributed by atoms with Crippen molar-refractivity contribution in [3.63, 3.8) is 0 Å². The molecule has 0 radical (unpaired) electrons. The number of hydrogen-bond donors (Lipinski definition) is 1. The quantitative estimate of drug-likeness (QED) is 0.913. The summed E-state index contributed by atoms with van der Waals surface area (Å²) in [7, 11) is 0. The highest BCUT2D eigenvalue weighted by Crippen LogP contribution is 2.31. The second-order valence-corrected chi connectivity index (χ2v) is 4.19. The number of alkyl halides is 3. The molecule has 1 N–H and O–H groups in total. The van der Waals surface area contributed by atoms with E-state index in [1.807, 2.05) is 0 Å². The van der Waals surface area contributed by atoms with E-state index in [1.54, 1.807) is 36.4 Å². The average Bonchev–Trinajstić information content (AvgIpc) is 2.47. The molecule has 0 saturated carbocycles. The number of nitrogens with zero attached hydrogens (tertiary/aromatic N) is 1. The third-order valence-electron chi connectivity index (χ3n) is 2.75. The first-order valence-corrected chi connectivity index (χ1v) is 5.89. The van der Waals surface area contributed by atoms with Gasteiger partial charge in [-0.25, -0.2) is 0 Å². The van der Waals surface area contributed by atoms with Crippen molar-refractivity contribution in [2.24, 2.45) is 0 Å². The van der Waals surface area contributed by atoms with Gasteiger partial charge in [0, 0.05) is 5.56 Å². The molecule has 0 aliphatic carbocycles. The van der Waals surface area contributed by atoms with Crippen LogP contribution in [-0.4, -0.2) is 5.91 Å². The molecule has 3 nitrogen and oxygen atoms in total. The summed E-state index contributed by atoms with van der Waals surface area (Å²) in [6.45, 7) is 0. The van der Waals surface area contributed by atoms with Crippen LogP contribution in [0.1, 0.15) is 21.5 Å². The molecule has 2 aromatic rings. The Bertz CT molecular complexity index is 703. The van der Waals surface area contributed by atoms with Gasteiger partial charge in [-0.2, -0.15) is 18.4 Å². The molecule has 0 aromatic heterocycles. The summed E-state index contributed by atoms with van der Waals surface area (Å²) in [6.07, 6.45) is -4.53. The number of anilines is 1. The smallest absolute Gasteiger partial charge is 0.321 e. The fourth-order valence-electron chi connectivity index (χ4n) is 1.71. The first-order valence-electron chi connectivity index (χ1n) is 5.89. The van der Waals surface area contributed by atoms with Gasteiger partial charge in [0.25, 0.3) is 5.91 Å². The number of nitrogens with one attached hydrogen (secondary N) is 1. The molecule has 21 heavy (non-hydrogen) atoms. The first kappa shape index (κ1) is 14.6. The number of nitriles is 1. The highest BCUT2D eigenvalue weighted by molar-refractivity contribution is 6.04. The molecule has 0 aliphatic rings. The van der Waals surface area contributed by atoms with Gasteiger partial charge in [-0.05, 0) is 30.3 Å². The third-order valence-corrected chi connectivity index (χ3v) is 2.75. The fraction of sp³-hybridized carbons (Fsp3) is 0.0667. The predicted molar refractivity (Wildman–Crippen MR) is 70.6 cm³/mol. The lowest BCUT2D eigenvalue weighted by Gasteiger charge is -2.11. The second kappa shape index (κ2) is 5.67. The molecule has 0 unspecified atom stereocenters. The van der Waals surface area contributed by atoms with Crippen LogP contribution in [0.3, 0.4) is 0 Å². The summed E-state index contributed by atoms with van der Waals surface area (Å²) in [6, 6.07) is 12.4. The van der Waals surface area contributed by atoms with Gasteiger partial charge in [-0.15, -0.1) is 0 Å². The van der Waals surface area contributed by atoms with Gasteiger partial charge < -0.3 is 5.32 Å². The maximum Gasteiger partial charge on any atom is 0.416 e. The van der Waals surface area contributed by atoms with Crippen LogP contribution in [0.4, 0.5) is 18.9 Å². The van der Waals surface area contributed by atoms with E-state index in [2.05, 4.69) is 5.32 Å². The maximum absolute atomic E-state index is 12.6. The Labute approximate surface area is 118 Å². The minimum absolute atomic E-state index is 0.0411. The number of benzene rings is 2. The Morgan fingerprint density at radius 1 is 1.10 bits per heavy atom. The van der Waals surface area contributed by atoms with Crippen LogP contribution in [0.25, 0.3) is 0 Å². The number of carbonyl (C=O) groups is 1. The zero-order valence-corrected chi connectivity index (χ0v) is 10.6. The van der Waals surface area contributed by atoms with Crippen molar-refractivity contribution >= 4 is 11.6 Å². The maximum atomic E-state index is 12.6. The number of halogens is 3. The second-order valence-electron chi connectivity index (χ2n) is 4.19. The van der Waals surface area contributed by atoms with Crippen molar-refractivity contribution in [1.29, 1.82) is 5.26 Å². The van der Waals surface area contributed by atoms with Crippen LogP contribution in [-0.2, 0) is 6.18 Å². The van der Waals surface area contributed by atoms with Gasteiger partial charge in [0.05, 0.1) is 16.8 Å². The topological polar surface area (TPSA) is 52.9 Å².